The maximum Gasteiger partial charge on any atom is 0.0576 e. The molecule has 1 aliphatic rings. The van der Waals surface area contributed by atoms with Crippen LogP contribution < -0.4 is 0 Å². The van der Waals surface area contributed by atoms with Crippen LogP contribution in [0.3, 0.4) is 0 Å². The first kappa shape index (κ1) is 13.6. The molecular weight excluding hydrogens is 224 g/mol. The highest BCUT2D eigenvalue weighted by atomic mass is 16.5. The summed E-state index contributed by atoms with van der Waals surface area (Å²) in [5, 5.41) is 9.48. The van der Waals surface area contributed by atoms with Crippen molar-refractivity contribution < 1.29 is 9.84 Å². The van der Waals surface area contributed by atoms with Crippen molar-refractivity contribution in [3.8, 4) is 0 Å². The van der Waals surface area contributed by atoms with E-state index in [1.807, 2.05) is 0 Å². The first-order valence-electron chi connectivity index (χ1n) is 7.06. The summed E-state index contributed by atoms with van der Waals surface area (Å²) >= 11 is 0. The lowest BCUT2D eigenvalue weighted by molar-refractivity contribution is 0.0932. The first-order chi connectivity index (χ1) is 8.78. The third-order valence-corrected chi connectivity index (χ3v) is 3.82. The normalized spacial score (nSPS) is 21.1. The van der Waals surface area contributed by atoms with Crippen molar-refractivity contribution in [3.63, 3.8) is 0 Å². The molecule has 2 unspecified atom stereocenters. The summed E-state index contributed by atoms with van der Waals surface area (Å²) in [6, 6.07) is 8.63. The standard InChI is InChI=1S/C16H24O2/c1-13-4-6-14(7-5-13)11-15(12-17)8-9-16-3-2-10-18-16/h4-7,15-17H,2-3,8-12H2,1H3. The number of benzene rings is 1. The molecule has 0 aromatic heterocycles. The molecule has 0 saturated carbocycles. The van der Waals surface area contributed by atoms with Gasteiger partial charge in [-0.2, -0.15) is 0 Å². The van der Waals surface area contributed by atoms with Gasteiger partial charge in [0, 0.05) is 13.2 Å². The highest BCUT2D eigenvalue weighted by molar-refractivity contribution is 5.21. The lowest BCUT2D eigenvalue weighted by Crippen LogP contribution is -2.14. The molecular formula is C16H24O2. The number of aliphatic hydroxyl groups is 1. The quantitative estimate of drug-likeness (QED) is 0.838. The molecule has 2 rings (SSSR count). The van der Waals surface area contributed by atoms with Crippen LogP contribution in [-0.2, 0) is 11.2 Å². The molecule has 100 valence electrons. The molecule has 1 heterocycles. The molecule has 1 aromatic carbocycles. The van der Waals surface area contributed by atoms with E-state index in [2.05, 4.69) is 31.2 Å². The molecule has 0 aliphatic carbocycles. The van der Waals surface area contributed by atoms with Gasteiger partial charge in [-0.25, -0.2) is 0 Å². The van der Waals surface area contributed by atoms with Crippen molar-refractivity contribution in [2.75, 3.05) is 13.2 Å². The van der Waals surface area contributed by atoms with Crippen LogP contribution >= 0.6 is 0 Å². The molecule has 1 saturated heterocycles. The van der Waals surface area contributed by atoms with Gasteiger partial charge in [0.25, 0.3) is 0 Å². The van der Waals surface area contributed by atoms with E-state index in [-0.39, 0.29) is 6.61 Å². The molecule has 1 N–H and O–H groups in total. The van der Waals surface area contributed by atoms with E-state index in [4.69, 9.17) is 4.74 Å². The summed E-state index contributed by atoms with van der Waals surface area (Å²) in [7, 11) is 0. The smallest absolute Gasteiger partial charge is 0.0576 e. The maximum atomic E-state index is 9.48. The van der Waals surface area contributed by atoms with Crippen molar-refractivity contribution in [1.82, 2.24) is 0 Å². The second-order valence-electron chi connectivity index (χ2n) is 5.45. The van der Waals surface area contributed by atoms with Crippen molar-refractivity contribution in [1.29, 1.82) is 0 Å². The highest BCUT2D eigenvalue weighted by Gasteiger charge is 2.17. The van der Waals surface area contributed by atoms with Gasteiger partial charge in [-0.15, -0.1) is 0 Å². The van der Waals surface area contributed by atoms with Crippen LogP contribution in [0, 0.1) is 12.8 Å². The fourth-order valence-corrected chi connectivity index (χ4v) is 2.61. The molecule has 1 aliphatic heterocycles. The Bertz CT molecular complexity index is 339. The van der Waals surface area contributed by atoms with E-state index in [0.29, 0.717) is 12.0 Å². The third kappa shape index (κ3) is 4.11. The summed E-state index contributed by atoms with van der Waals surface area (Å²) < 4.78 is 5.63. The molecule has 0 radical (unpaired) electrons. The summed E-state index contributed by atoms with van der Waals surface area (Å²) in [5.41, 5.74) is 2.62. The molecule has 18 heavy (non-hydrogen) atoms. The number of aryl methyl sites for hydroxylation is 1. The zero-order chi connectivity index (χ0) is 12.8. The molecule has 0 amide bonds. The van der Waals surface area contributed by atoms with Gasteiger partial charge in [0.2, 0.25) is 0 Å². The largest absolute Gasteiger partial charge is 0.396 e. The molecule has 2 heteroatoms. The fourth-order valence-electron chi connectivity index (χ4n) is 2.61. The van der Waals surface area contributed by atoms with Crippen LogP contribution in [0.4, 0.5) is 0 Å². The van der Waals surface area contributed by atoms with Crippen molar-refractivity contribution >= 4 is 0 Å². The van der Waals surface area contributed by atoms with Gasteiger partial charge in [0.1, 0.15) is 0 Å². The van der Waals surface area contributed by atoms with Gasteiger partial charge in [0.15, 0.2) is 0 Å². The number of rotatable bonds is 6. The van der Waals surface area contributed by atoms with Crippen molar-refractivity contribution in [3.05, 3.63) is 35.4 Å². The lowest BCUT2D eigenvalue weighted by atomic mass is 9.93. The Morgan fingerprint density at radius 2 is 2.11 bits per heavy atom. The van der Waals surface area contributed by atoms with Crippen LogP contribution in [0.5, 0.6) is 0 Å². The van der Waals surface area contributed by atoms with Crippen LogP contribution in [0.25, 0.3) is 0 Å². The zero-order valence-electron chi connectivity index (χ0n) is 11.3. The van der Waals surface area contributed by atoms with Gasteiger partial charge in [0.05, 0.1) is 6.10 Å². The van der Waals surface area contributed by atoms with Gasteiger partial charge in [-0.05, 0) is 50.5 Å². The number of hydrogen-bond donors (Lipinski definition) is 1. The van der Waals surface area contributed by atoms with E-state index in [1.54, 1.807) is 0 Å². The number of ether oxygens (including phenoxy) is 1. The summed E-state index contributed by atoms with van der Waals surface area (Å²) in [6.07, 6.45) is 5.97. The zero-order valence-corrected chi connectivity index (χ0v) is 11.3. The molecule has 1 aromatic rings. The van der Waals surface area contributed by atoms with E-state index < -0.39 is 0 Å². The van der Waals surface area contributed by atoms with Crippen LogP contribution in [0.15, 0.2) is 24.3 Å². The third-order valence-electron chi connectivity index (χ3n) is 3.82. The SMILES string of the molecule is Cc1ccc(CC(CO)CCC2CCCO2)cc1. The molecule has 1 fully saturated rings. The van der Waals surface area contributed by atoms with Crippen molar-refractivity contribution in [2.45, 2.75) is 45.1 Å². The second kappa shape index (κ2) is 6.91. The molecule has 0 bridgehead atoms. The molecule has 2 nitrogen and oxygen atoms in total. The Hall–Kier alpha value is -0.860. The molecule has 0 spiro atoms. The van der Waals surface area contributed by atoms with Crippen molar-refractivity contribution in [2.24, 2.45) is 5.92 Å². The van der Waals surface area contributed by atoms with Crippen LogP contribution in [0.2, 0.25) is 0 Å². The predicted molar refractivity (Wildman–Crippen MR) is 73.7 cm³/mol. The lowest BCUT2D eigenvalue weighted by Gasteiger charge is -2.16. The summed E-state index contributed by atoms with van der Waals surface area (Å²) in [6.45, 7) is 3.30. The van der Waals surface area contributed by atoms with E-state index in [0.717, 1.165) is 25.9 Å². The van der Waals surface area contributed by atoms with E-state index in [9.17, 15) is 5.11 Å². The van der Waals surface area contributed by atoms with Gasteiger partial charge in [-0.3, -0.25) is 0 Å². The Balaban J connectivity index is 1.79. The van der Waals surface area contributed by atoms with Gasteiger partial charge >= 0.3 is 0 Å². The van der Waals surface area contributed by atoms with Crippen LogP contribution in [0.1, 0.15) is 36.8 Å². The fraction of sp³-hybridized carbons (Fsp3) is 0.625. The van der Waals surface area contributed by atoms with Gasteiger partial charge < -0.3 is 9.84 Å². The monoisotopic (exact) mass is 248 g/mol. The Morgan fingerprint density at radius 3 is 2.72 bits per heavy atom. The minimum Gasteiger partial charge on any atom is -0.396 e. The minimum atomic E-state index is 0.278. The molecule has 2 atom stereocenters. The Kier molecular flexibility index (Phi) is 5.21. The topological polar surface area (TPSA) is 29.5 Å². The number of aliphatic hydroxyl groups excluding tert-OH is 1. The first-order valence-corrected chi connectivity index (χ1v) is 7.06. The minimum absolute atomic E-state index is 0.278. The second-order valence-corrected chi connectivity index (χ2v) is 5.45. The number of hydrogen-bond acceptors (Lipinski definition) is 2. The summed E-state index contributed by atoms with van der Waals surface area (Å²) in [4.78, 5) is 0. The average molecular weight is 248 g/mol. The Morgan fingerprint density at radius 1 is 1.33 bits per heavy atom. The maximum absolute atomic E-state index is 9.48. The Labute approximate surface area is 110 Å². The highest BCUT2D eigenvalue weighted by Crippen LogP contribution is 2.21. The summed E-state index contributed by atoms with van der Waals surface area (Å²) in [5.74, 6) is 0.372. The average Bonchev–Trinajstić information content (AvgIpc) is 2.90. The van der Waals surface area contributed by atoms with Crippen LogP contribution in [-0.4, -0.2) is 24.4 Å². The predicted octanol–water partition coefficient (Wildman–Crippen LogP) is 3.11. The van der Waals surface area contributed by atoms with Gasteiger partial charge in [-0.1, -0.05) is 29.8 Å². The van der Waals surface area contributed by atoms with E-state index in [1.165, 1.54) is 24.0 Å². The van der Waals surface area contributed by atoms with E-state index >= 15 is 0 Å².